The standard InChI is InChI=1S/C12H19N5O/c18-12(17-7-1-2-8-17)10-14-4-6-16-11-9-13-3-5-15-11/h3,5,9,14H,1-2,4,6-8,10H2,(H,15,16). The lowest BCUT2D eigenvalue weighted by atomic mass is 10.4. The normalized spacial score (nSPS) is 14.8. The van der Waals surface area contributed by atoms with Gasteiger partial charge in [-0.1, -0.05) is 0 Å². The van der Waals surface area contributed by atoms with Crippen LogP contribution in [0.25, 0.3) is 0 Å². The Morgan fingerprint density at radius 1 is 1.28 bits per heavy atom. The van der Waals surface area contributed by atoms with E-state index in [4.69, 9.17) is 0 Å². The van der Waals surface area contributed by atoms with Crippen LogP contribution in [0.3, 0.4) is 0 Å². The van der Waals surface area contributed by atoms with Gasteiger partial charge in [-0.25, -0.2) is 4.98 Å². The Bertz CT molecular complexity index is 364. The van der Waals surface area contributed by atoms with E-state index in [1.54, 1.807) is 18.6 Å². The Labute approximate surface area is 107 Å². The minimum Gasteiger partial charge on any atom is -0.368 e. The van der Waals surface area contributed by atoms with Gasteiger partial charge in [-0.05, 0) is 12.8 Å². The molecule has 1 aromatic heterocycles. The summed E-state index contributed by atoms with van der Waals surface area (Å²) in [5.74, 6) is 0.956. The van der Waals surface area contributed by atoms with Crippen molar-refractivity contribution in [1.29, 1.82) is 0 Å². The van der Waals surface area contributed by atoms with Crippen molar-refractivity contribution in [3.8, 4) is 0 Å². The van der Waals surface area contributed by atoms with E-state index in [0.717, 1.165) is 44.8 Å². The number of hydrogen-bond donors (Lipinski definition) is 2. The molecule has 18 heavy (non-hydrogen) atoms. The molecular weight excluding hydrogens is 230 g/mol. The van der Waals surface area contributed by atoms with Crippen LogP contribution in [-0.4, -0.2) is 53.5 Å². The van der Waals surface area contributed by atoms with Gasteiger partial charge < -0.3 is 15.5 Å². The van der Waals surface area contributed by atoms with Gasteiger partial charge in [-0.15, -0.1) is 0 Å². The second kappa shape index (κ2) is 6.90. The van der Waals surface area contributed by atoms with Crippen LogP contribution < -0.4 is 10.6 Å². The molecule has 1 aliphatic heterocycles. The molecular formula is C12H19N5O. The Kier molecular flexibility index (Phi) is 4.89. The predicted octanol–water partition coefficient (Wildman–Crippen LogP) is 0.100. The smallest absolute Gasteiger partial charge is 0.236 e. The van der Waals surface area contributed by atoms with E-state index in [9.17, 15) is 4.79 Å². The van der Waals surface area contributed by atoms with Gasteiger partial charge in [0.1, 0.15) is 5.82 Å². The van der Waals surface area contributed by atoms with E-state index >= 15 is 0 Å². The topological polar surface area (TPSA) is 70.1 Å². The maximum Gasteiger partial charge on any atom is 0.236 e. The van der Waals surface area contributed by atoms with Crippen LogP contribution in [0.15, 0.2) is 18.6 Å². The zero-order chi connectivity index (χ0) is 12.6. The first-order valence-corrected chi connectivity index (χ1v) is 6.34. The monoisotopic (exact) mass is 249 g/mol. The van der Waals surface area contributed by atoms with Crippen molar-refractivity contribution in [2.75, 3.05) is 38.0 Å². The molecule has 2 N–H and O–H groups in total. The number of likely N-dealkylation sites (tertiary alicyclic amines) is 1. The highest BCUT2D eigenvalue weighted by Gasteiger charge is 2.16. The molecule has 6 heteroatoms. The Morgan fingerprint density at radius 3 is 2.83 bits per heavy atom. The summed E-state index contributed by atoms with van der Waals surface area (Å²) in [7, 11) is 0. The second-order valence-corrected chi connectivity index (χ2v) is 4.28. The van der Waals surface area contributed by atoms with Crippen molar-refractivity contribution >= 4 is 11.7 Å². The van der Waals surface area contributed by atoms with Crippen molar-refractivity contribution in [3.63, 3.8) is 0 Å². The van der Waals surface area contributed by atoms with Crippen molar-refractivity contribution < 1.29 is 4.79 Å². The zero-order valence-electron chi connectivity index (χ0n) is 10.4. The van der Waals surface area contributed by atoms with Gasteiger partial charge in [0.15, 0.2) is 0 Å². The quantitative estimate of drug-likeness (QED) is 0.700. The molecule has 2 rings (SSSR count). The first kappa shape index (κ1) is 12.8. The molecule has 6 nitrogen and oxygen atoms in total. The van der Waals surface area contributed by atoms with E-state index in [2.05, 4.69) is 20.6 Å². The third kappa shape index (κ3) is 3.96. The number of nitrogens with zero attached hydrogens (tertiary/aromatic N) is 3. The molecule has 0 unspecified atom stereocenters. The highest BCUT2D eigenvalue weighted by Crippen LogP contribution is 2.06. The number of amides is 1. The van der Waals surface area contributed by atoms with Crippen LogP contribution in [-0.2, 0) is 4.79 Å². The highest BCUT2D eigenvalue weighted by atomic mass is 16.2. The van der Waals surface area contributed by atoms with Gasteiger partial charge in [-0.3, -0.25) is 9.78 Å². The van der Waals surface area contributed by atoms with Crippen molar-refractivity contribution in [3.05, 3.63) is 18.6 Å². The lowest BCUT2D eigenvalue weighted by Gasteiger charge is -2.15. The first-order chi connectivity index (χ1) is 8.86. The number of anilines is 1. The molecule has 0 bridgehead atoms. The van der Waals surface area contributed by atoms with Gasteiger partial charge in [0.25, 0.3) is 0 Å². The largest absolute Gasteiger partial charge is 0.368 e. The number of carbonyl (C=O) groups excluding carboxylic acids is 1. The van der Waals surface area contributed by atoms with Crippen LogP contribution in [0.2, 0.25) is 0 Å². The molecule has 98 valence electrons. The number of carbonyl (C=O) groups is 1. The van der Waals surface area contributed by atoms with Gasteiger partial charge in [0.05, 0.1) is 12.7 Å². The van der Waals surface area contributed by atoms with Gasteiger partial charge >= 0.3 is 0 Å². The fourth-order valence-corrected chi connectivity index (χ4v) is 1.94. The zero-order valence-corrected chi connectivity index (χ0v) is 10.4. The Hall–Kier alpha value is -1.69. The van der Waals surface area contributed by atoms with Crippen molar-refractivity contribution in [2.45, 2.75) is 12.8 Å². The van der Waals surface area contributed by atoms with Crippen LogP contribution in [0.5, 0.6) is 0 Å². The summed E-state index contributed by atoms with van der Waals surface area (Å²) in [5, 5.41) is 6.26. The maximum absolute atomic E-state index is 11.7. The summed E-state index contributed by atoms with van der Waals surface area (Å²) in [6, 6.07) is 0. The van der Waals surface area contributed by atoms with Crippen LogP contribution in [0, 0.1) is 0 Å². The molecule has 1 aliphatic rings. The first-order valence-electron chi connectivity index (χ1n) is 6.34. The highest BCUT2D eigenvalue weighted by molar-refractivity contribution is 5.78. The molecule has 0 saturated carbocycles. The lowest BCUT2D eigenvalue weighted by Crippen LogP contribution is -2.37. The average Bonchev–Trinajstić information content (AvgIpc) is 2.93. The van der Waals surface area contributed by atoms with Gasteiger partial charge in [0.2, 0.25) is 5.91 Å². The summed E-state index contributed by atoms with van der Waals surface area (Å²) >= 11 is 0. The minimum atomic E-state index is 0.201. The number of rotatable bonds is 6. The van der Waals surface area contributed by atoms with Gasteiger partial charge in [-0.2, -0.15) is 0 Å². The molecule has 0 spiro atoms. The molecule has 2 heterocycles. The van der Waals surface area contributed by atoms with E-state index in [1.165, 1.54) is 0 Å². The summed E-state index contributed by atoms with van der Waals surface area (Å²) < 4.78 is 0. The molecule has 0 aliphatic carbocycles. The molecule has 0 radical (unpaired) electrons. The third-order valence-corrected chi connectivity index (χ3v) is 2.91. The second-order valence-electron chi connectivity index (χ2n) is 4.28. The van der Waals surface area contributed by atoms with Crippen molar-refractivity contribution in [2.24, 2.45) is 0 Å². The Balaban J connectivity index is 1.54. The Morgan fingerprint density at radius 2 is 2.11 bits per heavy atom. The van der Waals surface area contributed by atoms with Crippen LogP contribution in [0.1, 0.15) is 12.8 Å². The summed E-state index contributed by atoms with van der Waals surface area (Å²) in [6.07, 6.45) is 7.24. The summed E-state index contributed by atoms with van der Waals surface area (Å²) in [5.41, 5.74) is 0. The minimum absolute atomic E-state index is 0.201. The van der Waals surface area contributed by atoms with E-state index in [0.29, 0.717) is 6.54 Å². The maximum atomic E-state index is 11.7. The van der Waals surface area contributed by atoms with Gasteiger partial charge in [0, 0.05) is 38.6 Å². The number of aromatic nitrogens is 2. The van der Waals surface area contributed by atoms with E-state index in [1.807, 2.05) is 4.90 Å². The summed E-state index contributed by atoms with van der Waals surface area (Å²) in [4.78, 5) is 21.7. The lowest BCUT2D eigenvalue weighted by molar-refractivity contribution is -0.129. The SMILES string of the molecule is O=C(CNCCNc1cnccn1)N1CCCC1. The fourth-order valence-electron chi connectivity index (χ4n) is 1.94. The molecule has 1 amide bonds. The molecule has 1 fully saturated rings. The molecule has 1 aromatic rings. The van der Waals surface area contributed by atoms with E-state index in [-0.39, 0.29) is 5.91 Å². The number of hydrogen-bond acceptors (Lipinski definition) is 5. The average molecular weight is 249 g/mol. The molecule has 0 atom stereocenters. The molecule has 1 saturated heterocycles. The van der Waals surface area contributed by atoms with Crippen LogP contribution in [0.4, 0.5) is 5.82 Å². The molecule has 0 aromatic carbocycles. The number of nitrogens with one attached hydrogen (secondary N) is 2. The predicted molar refractivity (Wildman–Crippen MR) is 69.2 cm³/mol. The van der Waals surface area contributed by atoms with Crippen LogP contribution >= 0.6 is 0 Å². The summed E-state index contributed by atoms with van der Waals surface area (Å²) in [6.45, 7) is 3.71. The fraction of sp³-hybridized carbons (Fsp3) is 0.583. The van der Waals surface area contributed by atoms with E-state index < -0.39 is 0 Å². The van der Waals surface area contributed by atoms with Crippen molar-refractivity contribution in [1.82, 2.24) is 20.2 Å². The third-order valence-electron chi connectivity index (χ3n) is 2.91.